The van der Waals surface area contributed by atoms with Crippen molar-refractivity contribution in [3.05, 3.63) is 168 Å². The number of hydrogen-bond donors (Lipinski definition) is 0. The van der Waals surface area contributed by atoms with Crippen LogP contribution in [0.4, 0.5) is 0 Å². The molecule has 0 N–H and O–H groups in total. The van der Waals surface area contributed by atoms with Crippen LogP contribution in [0.25, 0.3) is 22.3 Å². The summed E-state index contributed by atoms with van der Waals surface area (Å²) in [5, 5.41) is 0. The Morgan fingerprint density at radius 1 is 0.385 bits per heavy atom. The molecule has 6 rings (SSSR count). The first-order valence-electron chi connectivity index (χ1n) is 23.1. The highest BCUT2D eigenvalue weighted by Gasteiger charge is 2.21. The summed E-state index contributed by atoms with van der Waals surface area (Å²) in [6.45, 7) is 6.02. The number of ether oxygens (including phenoxy) is 4. The number of unbranched alkanes of at least 4 members (excludes halogenated alkanes) is 8. The van der Waals surface area contributed by atoms with Gasteiger partial charge in [0.2, 0.25) is 0 Å². The van der Waals surface area contributed by atoms with Crippen LogP contribution in [0, 0.1) is 5.92 Å². The number of carbonyl (C=O) groups excluding carboxylic acids is 4. The van der Waals surface area contributed by atoms with Crippen LogP contribution in [0.3, 0.4) is 0 Å². The van der Waals surface area contributed by atoms with Crippen LogP contribution in [0.5, 0.6) is 23.0 Å². The summed E-state index contributed by atoms with van der Waals surface area (Å²) in [5.41, 5.74) is 7.67. The molecule has 8 heteroatoms. The Kier molecular flexibility index (Phi) is 18.3. The van der Waals surface area contributed by atoms with Crippen molar-refractivity contribution < 1.29 is 38.1 Å². The summed E-state index contributed by atoms with van der Waals surface area (Å²) in [5.74, 6) is -2.04. The van der Waals surface area contributed by atoms with E-state index in [0.29, 0.717) is 11.1 Å². The Morgan fingerprint density at radius 2 is 0.708 bits per heavy atom. The maximum absolute atomic E-state index is 12.9. The molecule has 0 bridgehead atoms. The van der Waals surface area contributed by atoms with Crippen molar-refractivity contribution >= 4 is 23.9 Å². The summed E-state index contributed by atoms with van der Waals surface area (Å²) in [6, 6.07) is 44.0. The Bertz CT molecular complexity index is 2420. The third kappa shape index (κ3) is 15.2. The molecular formula is C57H60O8. The van der Waals surface area contributed by atoms with Gasteiger partial charge in [-0.2, -0.15) is 0 Å². The molecule has 1 atom stereocenters. The van der Waals surface area contributed by atoms with Crippen LogP contribution in [0.15, 0.2) is 146 Å². The van der Waals surface area contributed by atoms with Gasteiger partial charge in [0, 0.05) is 0 Å². The smallest absolute Gasteiger partial charge is 0.343 e. The first-order chi connectivity index (χ1) is 31.7. The van der Waals surface area contributed by atoms with Gasteiger partial charge in [0.1, 0.15) is 23.0 Å². The van der Waals surface area contributed by atoms with Crippen LogP contribution >= 0.6 is 0 Å². The van der Waals surface area contributed by atoms with Gasteiger partial charge in [-0.05, 0) is 132 Å². The van der Waals surface area contributed by atoms with Gasteiger partial charge in [-0.1, -0.05) is 145 Å². The van der Waals surface area contributed by atoms with Crippen molar-refractivity contribution in [1.29, 1.82) is 0 Å². The number of carbonyl (C=O) groups is 4. The molecule has 336 valence electrons. The summed E-state index contributed by atoms with van der Waals surface area (Å²) in [6.07, 6.45) is 14.6. The van der Waals surface area contributed by atoms with Crippen molar-refractivity contribution in [2.24, 2.45) is 5.92 Å². The van der Waals surface area contributed by atoms with E-state index in [0.717, 1.165) is 35.1 Å². The van der Waals surface area contributed by atoms with Crippen molar-refractivity contribution in [3.63, 3.8) is 0 Å². The lowest BCUT2D eigenvalue weighted by Crippen LogP contribution is -2.23. The second-order valence-electron chi connectivity index (χ2n) is 16.6. The summed E-state index contributed by atoms with van der Waals surface area (Å²) in [4.78, 5) is 51.3. The summed E-state index contributed by atoms with van der Waals surface area (Å²) >= 11 is 0. The Morgan fingerprint density at radius 3 is 1.08 bits per heavy atom. The molecule has 0 heterocycles. The monoisotopic (exact) mass is 872 g/mol. The predicted molar refractivity (Wildman–Crippen MR) is 257 cm³/mol. The van der Waals surface area contributed by atoms with Gasteiger partial charge in [0.25, 0.3) is 0 Å². The van der Waals surface area contributed by atoms with Gasteiger partial charge in [-0.15, -0.1) is 0 Å². The van der Waals surface area contributed by atoms with Gasteiger partial charge in [-0.3, -0.25) is 9.59 Å². The molecule has 0 aliphatic rings. The Balaban J connectivity index is 0.893. The van der Waals surface area contributed by atoms with E-state index in [-0.39, 0.29) is 29.4 Å². The molecule has 8 nitrogen and oxygen atoms in total. The highest BCUT2D eigenvalue weighted by molar-refractivity contribution is 5.92. The fourth-order valence-corrected chi connectivity index (χ4v) is 7.40. The molecule has 0 aliphatic heterocycles. The molecule has 1 unspecified atom stereocenters. The third-order valence-electron chi connectivity index (χ3n) is 11.3. The number of aryl methyl sites for hydroxylation is 2. The molecule has 6 aromatic rings. The molecule has 0 aromatic heterocycles. The van der Waals surface area contributed by atoms with Crippen LogP contribution in [0.2, 0.25) is 0 Å². The number of hydrogen-bond acceptors (Lipinski definition) is 8. The van der Waals surface area contributed by atoms with Gasteiger partial charge in [0.15, 0.2) is 0 Å². The van der Waals surface area contributed by atoms with Crippen molar-refractivity contribution in [3.8, 4) is 45.3 Å². The van der Waals surface area contributed by atoms with Crippen LogP contribution in [-0.2, 0) is 22.4 Å². The van der Waals surface area contributed by atoms with Crippen molar-refractivity contribution in [1.82, 2.24) is 0 Å². The molecule has 0 aliphatic carbocycles. The Labute approximate surface area is 383 Å². The summed E-state index contributed by atoms with van der Waals surface area (Å²) < 4.78 is 22.0. The number of rotatable bonds is 23. The lowest BCUT2D eigenvalue weighted by molar-refractivity contribution is -0.144. The standard InChI is InChI=1S/C57H60O8/c1-4-6-8-10-12-14-42-16-20-44(21-17-42)46-24-28-48(29-25-46)56(60)64-52-34-32-50(33-35-52)62-54(58)40-41(3)55(59)63-51-36-38-53(39-37-51)65-57(61)49-30-26-47(27-31-49)45-22-18-43(19-23-45)15-13-11-9-7-5-2/h16-39,41H,4-15,40H2,1-3H3. The summed E-state index contributed by atoms with van der Waals surface area (Å²) in [7, 11) is 0. The predicted octanol–water partition coefficient (Wildman–Crippen LogP) is 14.0. The van der Waals surface area contributed by atoms with E-state index in [2.05, 4.69) is 62.4 Å². The Hall–Kier alpha value is -6.80. The first kappa shape index (κ1) is 47.7. The van der Waals surface area contributed by atoms with Crippen molar-refractivity contribution in [2.45, 2.75) is 104 Å². The lowest BCUT2D eigenvalue weighted by atomic mass is 10.00. The fraction of sp³-hybridized carbons (Fsp3) is 0.298. The van der Waals surface area contributed by atoms with Gasteiger partial charge < -0.3 is 18.9 Å². The number of esters is 4. The van der Waals surface area contributed by atoms with Crippen molar-refractivity contribution in [2.75, 3.05) is 0 Å². The van der Waals surface area contributed by atoms with E-state index in [1.807, 2.05) is 24.3 Å². The molecular weight excluding hydrogens is 813 g/mol. The number of benzene rings is 6. The average molecular weight is 873 g/mol. The minimum Gasteiger partial charge on any atom is -0.427 e. The average Bonchev–Trinajstić information content (AvgIpc) is 3.33. The maximum Gasteiger partial charge on any atom is 0.343 e. The van der Waals surface area contributed by atoms with E-state index in [9.17, 15) is 19.2 Å². The third-order valence-corrected chi connectivity index (χ3v) is 11.3. The normalized spacial score (nSPS) is 11.4. The second kappa shape index (κ2) is 24.9. The minimum absolute atomic E-state index is 0.228. The van der Waals surface area contributed by atoms with E-state index in [1.54, 1.807) is 31.2 Å². The molecule has 0 amide bonds. The molecule has 0 spiro atoms. The van der Waals surface area contributed by atoms with Gasteiger partial charge >= 0.3 is 23.9 Å². The fourth-order valence-electron chi connectivity index (χ4n) is 7.40. The highest BCUT2D eigenvalue weighted by Crippen LogP contribution is 2.26. The minimum atomic E-state index is -0.808. The van der Waals surface area contributed by atoms with E-state index >= 15 is 0 Å². The second-order valence-corrected chi connectivity index (χ2v) is 16.6. The zero-order valence-corrected chi connectivity index (χ0v) is 37.9. The zero-order chi connectivity index (χ0) is 45.8. The first-order valence-corrected chi connectivity index (χ1v) is 23.1. The van der Waals surface area contributed by atoms with Crippen LogP contribution < -0.4 is 18.9 Å². The van der Waals surface area contributed by atoms with Gasteiger partial charge in [0.05, 0.1) is 23.5 Å². The molecule has 0 radical (unpaired) electrons. The van der Waals surface area contributed by atoms with Crippen LogP contribution in [-0.4, -0.2) is 23.9 Å². The quantitative estimate of drug-likeness (QED) is 0.0356. The molecule has 6 aromatic carbocycles. The molecule has 65 heavy (non-hydrogen) atoms. The van der Waals surface area contributed by atoms with E-state index < -0.39 is 29.8 Å². The molecule has 0 fully saturated rings. The largest absolute Gasteiger partial charge is 0.427 e. The molecule has 0 saturated carbocycles. The van der Waals surface area contributed by atoms with E-state index in [4.69, 9.17) is 18.9 Å². The highest BCUT2D eigenvalue weighted by atomic mass is 16.6. The van der Waals surface area contributed by atoms with E-state index in [1.165, 1.54) is 124 Å². The molecule has 0 saturated heterocycles. The van der Waals surface area contributed by atoms with Crippen LogP contribution in [0.1, 0.15) is 123 Å². The topological polar surface area (TPSA) is 105 Å². The SMILES string of the molecule is CCCCCCCc1ccc(-c2ccc(C(=O)Oc3ccc(OC(=O)CC(C)C(=O)Oc4ccc(OC(=O)c5ccc(-c6ccc(CCCCCCC)cc6)cc5)cc4)cc3)cc2)cc1. The van der Waals surface area contributed by atoms with Gasteiger partial charge in [-0.25, -0.2) is 9.59 Å². The lowest BCUT2D eigenvalue weighted by Gasteiger charge is -2.12. The maximum atomic E-state index is 12.9. The zero-order valence-electron chi connectivity index (χ0n) is 37.9.